The molecule has 4 N–H and O–H groups in total. The number of aromatic amines is 2. The standard InChI is InChI=1S/C39H58N4O5/c1-38(2)23-28-18-27-19-29(25(10-14-44-5)11-15-45-6)31(40-27)21-36-39(3,4)24-34(43-36)37(48-9)33-20-30(32(42-33)22-35(38)41-28)26(12-16-46-7)13-17-47-8/h18-22,25-26,40-43H,10-17,23-24H2,1-9H3. The summed E-state index contributed by atoms with van der Waals surface area (Å²) >= 11 is 0. The predicted octanol–water partition coefficient (Wildman–Crippen LogP) is 7.75. The molecule has 8 bridgehead atoms. The van der Waals surface area contributed by atoms with Gasteiger partial charge < -0.3 is 44.3 Å². The second kappa shape index (κ2) is 15.5. The number of hydrogen-bond acceptors (Lipinski definition) is 7. The Morgan fingerprint density at radius 1 is 0.625 bits per heavy atom. The monoisotopic (exact) mass is 662 g/mol. The van der Waals surface area contributed by atoms with Gasteiger partial charge in [-0.3, -0.25) is 0 Å². The molecule has 5 heterocycles. The maximum Gasteiger partial charge on any atom is 0.161 e. The van der Waals surface area contributed by atoms with Gasteiger partial charge >= 0.3 is 0 Å². The molecule has 0 aliphatic carbocycles. The number of methoxy groups -OCH3 is 5. The smallest absolute Gasteiger partial charge is 0.161 e. The number of ether oxygens (including phenoxy) is 5. The summed E-state index contributed by atoms with van der Waals surface area (Å²) in [5.41, 5.74) is 11.2. The minimum atomic E-state index is -0.132. The number of fused-ring (bicyclic) bond motifs is 8. The van der Waals surface area contributed by atoms with Crippen molar-refractivity contribution in [1.82, 2.24) is 20.6 Å². The second-order valence-electron chi connectivity index (χ2n) is 14.8. The molecule has 9 heteroatoms. The molecule has 0 aromatic carbocycles. The van der Waals surface area contributed by atoms with Crippen molar-refractivity contribution in [3.8, 4) is 0 Å². The summed E-state index contributed by atoms with van der Waals surface area (Å²) in [6, 6.07) is 4.61. The average Bonchev–Trinajstić information content (AvgIpc) is 3.78. The van der Waals surface area contributed by atoms with Gasteiger partial charge in [-0.15, -0.1) is 0 Å². The van der Waals surface area contributed by atoms with E-state index in [0.717, 1.165) is 78.5 Å². The third-order valence-electron chi connectivity index (χ3n) is 10.3. The lowest BCUT2D eigenvalue weighted by Crippen LogP contribution is -2.14. The number of hydrogen-bond donors (Lipinski definition) is 4. The van der Waals surface area contributed by atoms with Gasteiger partial charge in [0.2, 0.25) is 0 Å². The van der Waals surface area contributed by atoms with Gasteiger partial charge in [-0.25, -0.2) is 0 Å². The van der Waals surface area contributed by atoms with E-state index in [4.69, 9.17) is 23.7 Å². The van der Waals surface area contributed by atoms with Crippen LogP contribution in [-0.2, 0) is 23.7 Å². The van der Waals surface area contributed by atoms with Crippen LogP contribution in [0.2, 0.25) is 0 Å². The molecular weight excluding hydrogens is 604 g/mol. The maximum absolute atomic E-state index is 6.22. The van der Waals surface area contributed by atoms with Crippen molar-refractivity contribution in [3.63, 3.8) is 0 Å². The van der Waals surface area contributed by atoms with Gasteiger partial charge in [-0.2, -0.15) is 0 Å². The number of nitrogens with one attached hydrogen (secondary N) is 4. The lowest BCUT2D eigenvalue weighted by molar-refractivity contribution is 0.163. The van der Waals surface area contributed by atoms with E-state index in [1.54, 1.807) is 35.5 Å². The van der Waals surface area contributed by atoms with E-state index in [1.807, 2.05) is 0 Å². The molecule has 0 unspecified atom stereocenters. The van der Waals surface area contributed by atoms with Crippen molar-refractivity contribution in [2.75, 3.05) is 62.0 Å². The first-order valence-electron chi connectivity index (χ1n) is 17.4. The third kappa shape index (κ3) is 7.96. The van der Waals surface area contributed by atoms with Gasteiger partial charge in [0.1, 0.15) is 0 Å². The summed E-state index contributed by atoms with van der Waals surface area (Å²) in [7, 11) is 8.86. The lowest BCUT2D eigenvalue weighted by atomic mass is 9.86. The van der Waals surface area contributed by atoms with Crippen LogP contribution in [0, 0.1) is 10.8 Å². The zero-order valence-corrected chi connectivity index (χ0v) is 30.7. The fraction of sp³-hybridized carbons (Fsp3) is 0.590. The van der Waals surface area contributed by atoms with Crippen LogP contribution in [-0.4, -0.2) is 71.9 Å². The Kier molecular flexibility index (Phi) is 11.7. The van der Waals surface area contributed by atoms with Crippen molar-refractivity contribution < 1.29 is 23.7 Å². The fourth-order valence-electron chi connectivity index (χ4n) is 7.49. The molecule has 0 atom stereocenters. The van der Waals surface area contributed by atoms with Gasteiger partial charge in [0, 0.05) is 106 Å². The molecule has 264 valence electrons. The van der Waals surface area contributed by atoms with Crippen molar-refractivity contribution >= 4 is 24.0 Å². The Bertz CT molecular complexity index is 1520. The molecule has 0 saturated carbocycles. The molecule has 2 aromatic rings. The highest BCUT2D eigenvalue weighted by Gasteiger charge is 2.37. The summed E-state index contributed by atoms with van der Waals surface area (Å²) in [4.78, 5) is 7.61. The Hall–Kier alpha value is -3.24. The Balaban J connectivity index is 1.71. The highest BCUT2D eigenvalue weighted by atomic mass is 16.5. The highest BCUT2D eigenvalue weighted by molar-refractivity contribution is 5.70. The average molecular weight is 663 g/mol. The Morgan fingerprint density at radius 2 is 1.12 bits per heavy atom. The summed E-state index contributed by atoms with van der Waals surface area (Å²) in [5, 5.41) is 7.64. The van der Waals surface area contributed by atoms with Crippen LogP contribution >= 0.6 is 0 Å². The summed E-state index contributed by atoms with van der Waals surface area (Å²) in [6.07, 6.45) is 12.3. The van der Waals surface area contributed by atoms with E-state index in [0.29, 0.717) is 32.3 Å². The van der Waals surface area contributed by atoms with E-state index < -0.39 is 0 Å². The molecule has 0 radical (unpaired) electrons. The van der Waals surface area contributed by atoms with Crippen molar-refractivity contribution in [2.24, 2.45) is 10.8 Å². The Labute approximate surface area is 287 Å². The second-order valence-corrected chi connectivity index (χ2v) is 14.8. The van der Waals surface area contributed by atoms with E-state index in [-0.39, 0.29) is 16.7 Å². The topological polar surface area (TPSA) is 102 Å². The largest absolute Gasteiger partial charge is 0.493 e. The van der Waals surface area contributed by atoms with Crippen LogP contribution in [0.1, 0.15) is 112 Å². The maximum atomic E-state index is 6.22. The molecule has 2 fully saturated rings. The van der Waals surface area contributed by atoms with E-state index >= 15 is 0 Å². The first kappa shape index (κ1) is 36.1. The van der Waals surface area contributed by atoms with Gasteiger partial charge in [0.15, 0.2) is 5.76 Å². The SMILES string of the molecule is COCCC(CCOC)c1cc2[nH]c1C=C1NC(=C(OC)c3cc(C(CCOC)CCOC)c([nH]3)C=C3NC(=C2)CC3(C)C)CC1(C)C. The zero-order chi connectivity index (χ0) is 34.5. The number of rotatable bonds is 15. The zero-order valence-electron chi connectivity index (χ0n) is 30.7. The van der Waals surface area contributed by atoms with Crippen LogP contribution < -0.4 is 10.6 Å². The van der Waals surface area contributed by atoms with E-state index in [1.165, 1.54) is 22.5 Å². The molecule has 0 amide bonds. The van der Waals surface area contributed by atoms with Crippen molar-refractivity contribution in [3.05, 3.63) is 68.8 Å². The van der Waals surface area contributed by atoms with Crippen LogP contribution in [0.15, 0.2) is 34.9 Å². The van der Waals surface area contributed by atoms with Gasteiger partial charge in [-0.05, 0) is 85.4 Å². The predicted molar refractivity (Wildman–Crippen MR) is 194 cm³/mol. The van der Waals surface area contributed by atoms with Crippen LogP contribution in [0.3, 0.4) is 0 Å². The number of allylic oxidation sites excluding steroid dienone is 4. The molecule has 48 heavy (non-hydrogen) atoms. The van der Waals surface area contributed by atoms with Crippen molar-refractivity contribution in [2.45, 2.75) is 78.1 Å². The quantitative estimate of drug-likeness (QED) is 0.155. The summed E-state index contributed by atoms with van der Waals surface area (Å²) in [5.74, 6) is 1.39. The minimum Gasteiger partial charge on any atom is -0.493 e. The molecule has 9 nitrogen and oxygen atoms in total. The number of aromatic nitrogens is 2. The molecule has 0 spiro atoms. The third-order valence-corrected chi connectivity index (χ3v) is 10.3. The molecular formula is C39H58N4O5. The van der Waals surface area contributed by atoms with Gasteiger partial charge in [0.25, 0.3) is 0 Å². The normalized spacial score (nSPS) is 18.2. The van der Waals surface area contributed by atoms with Crippen LogP contribution in [0.4, 0.5) is 0 Å². The molecule has 3 aliphatic heterocycles. The van der Waals surface area contributed by atoms with Crippen LogP contribution in [0.25, 0.3) is 24.0 Å². The first-order chi connectivity index (χ1) is 23.0. The minimum absolute atomic E-state index is 0.0796. The first-order valence-corrected chi connectivity index (χ1v) is 17.4. The van der Waals surface area contributed by atoms with E-state index in [2.05, 4.69) is 78.7 Å². The number of H-pyrrole nitrogens is 2. The van der Waals surface area contributed by atoms with E-state index in [9.17, 15) is 0 Å². The van der Waals surface area contributed by atoms with Gasteiger partial charge in [-0.1, -0.05) is 27.7 Å². The summed E-state index contributed by atoms with van der Waals surface area (Å²) < 4.78 is 28.4. The lowest BCUT2D eigenvalue weighted by Gasteiger charge is -2.19. The highest BCUT2D eigenvalue weighted by Crippen LogP contribution is 2.45. The Morgan fingerprint density at radius 3 is 1.67 bits per heavy atom. The molecule has 3 aliphatic rings. The fourth-order valence-corrected chi connectivity index (χ4v) is 7.49. The van der Waals surface area contributed by atoms with Gasteiger partial charge in [0.05, 0.1) is 18.5 Å². The molecule has 5 rings (SSSR count). The summed E-state index contributed by atoms with van der Waals surface area (Å²) in [6.45, 7) is 12.0. The van der Waals surface area contributed by atoms with Crippen LogP contribution in [0.5, 0.6) is 0 Å². The molecule has 2 saturated heterocycles. The molecule has 2 aromatic heterocycles. The van der Waals surface area contributed by atoms with Crippen molar-refractivity contribution in [1.29, 1.82) is 0 Å².